The maximum Gasteiger partial charge on any atom is 0.416 e. The molecule has 0 amide bonds. The summed E-state index contributed by atoms with van der Waals surface area (Å²) in [6, 6.07) is 2.17. The third kappa shape index (κ3) is 2.31. The molecule has 1 aromatic carbocycles. The first-order chi connectivity index (χ1) is 6.36. The number of rotatable bonds is 1. The molecular formula is C9H9F3IN. The van der Waals surface area contributed by atoms with Gasteiger partial charge in [-0.15, -0.1) is 0 Å². The molecule has 1 rings (SSSR count). The second-order valence-corrected chi connectivity index (χ2v) is 4.04. The fraction of sp³-hybridized carbons (Fsp3) is 0.333. The molecule has 5 heteroatoms. The van der Waals surface area contributed by atoms with Crippen LogP contribution in [0.2, 0.25) is 0 Å². The van der Waals surface area contributed by atoms with E-state index < -0.39 is 11.7 Å². The number of nitrogen functional groups attached to an aromatic ring is 1. The zero-order chi connectivity index (χ0) is 10.9. The van der Waals surface area contributed by atoms with Crippen LogP contribution < -0.4 is 5.73 Å². The third-order valence-electron chi connectivity index (χ3n) is 1.92. The second kappa shape index (κ2) is 3.96. The minimum atomic E-state index is -4.29. The molecule has 2 N–H and O–H groups in total. The van der Waals surface area contributed by atoms with Gasteiger partial charge in [0.25, 0.3) is 0 Å². The fourth-order valence-electron chi connectivity index (χ4n) is 1.13. The summed E-state index contributed by atoms with van der Waals surface area (Å²) in [4.78, 5) is 0. The summed E-state index contributed by atoms with van der Waals surface area (Å²) < 4.78 is 37.6. The molecule has 0 aromatic heterocycles. The number of hydrogen-bond donors (Lipinski definition) is 1. The van der Waals surface area contributed by atoms with Gasteiger partial charge in [-0.1, -0.05) is 6.92 Å². The highest BCUT2D eigenvalue weighted by Crippen LogP contribution is 2.33. The number of nitrogens with two attached hydrogens (primary N) is 1. The van der Waals surface area contributed by atoms with Gasteiger partial charge in [0.15, 0.2) is 0 Å². The Morgan fingerprint density at radius 2 is 1.93 bits per heavy atom. The van der Waals surface area contributed by atoms with Crippen molar-refractivity contribution in [2.45, 2.75) is 19.5 Å². The molecule has 1 aromatic rings. The summed E-state index contributed by atoms with van der Waals surface area (Å²) >= 11 is 1.81. The van der Waals surface area contributed by atoms with Gasteiger partial charge in [0, 0.05) is 9.26 Å². The van der Waals surface area contributed by atoms with Crippen molar-refractivity contribution in [2.75, 3.05) is 5.73 Å². The molecule has 14 heavy (non-hydrogen) atoms. The van der Waals surface area contributed by atoms with Crippen molar-refractivity contribution < 1.29 is 13.2 Å². The van der Waals surface area contributed by atoms with Crippen molar-refractivity contribution in [3.63, 3.8) is 0 Å². The van der Waals surface area contributed by atoms with Crippen LogP contribution >= 0.6 is 22.6 Å². The molecule has 0 heterocycles. The number of hydrogen-bond acceptors (Lipinski definition) is 1. The van der Waals surface area contributed by atoms with Crippen LogP contribution in [0.4, 0.5) is 18.9 Å². The second-order valence-electron chi connectivity index (χ2n) is 2.88. The Morgan fingerprint density at radius 1 is 1.36 bits per heavy atom. The van der Waals surface area contributed by atoms with E-state index in [0.717, 1.165) is 12.1 Å². The average molecular weight is 315 g/mol. The van der Waals surface area contributed by atoms with E-state index in [4.69, 9.17) is 5.73 Å². The summed E-state index contributed by atoms with van der Waals surface area (Å²) in [7, 11) is 0. The van der Waals surface area contributed by atoms with Gasteiger partial charge in [-0.05, 0) is 46.7 Å². The van der Waals surface area contributed by atoms with Crippen LogP contribution in [-0.2, 0) is 12.6 Å². The van der Waals surface area contributed by atoms with E-state index in [-0.39, 0.29) is 0 Å². The first-order valence-corrected chi connectivity index (χ1v) is 5.09. The van der Waals surface area contributed by atoms with E-state index >= 15 is 0 Å². The van der Waals surface area contributed by atoms with Gasteiger partial charge in [-0.2, -0.15) is 13.2 Å². The van der Waals surface area contributed by atoms with E-state index in [9.17, 15) is 13.2 Å². The summed E-state index contributed by atoms with van der Waals surface area (Å²) in [6.45, 7) is 1.78. The van der Waals surface area contributed by atoms with E-state index in [0.29, 0.717) is 21.2 Å². The van der Waals surface area contributed by atoms with Gasteiger partial charge >= 0.3 is 6.18 Å². The number of anilines is 1. The predicted octanol–water partition coefficient (Wildman–Crippen LogP) is 3.45. The van der Waals surface area contributed by atoms with Gasteiger partial charge in [0.05, 0.1) is 5.56 Å². The van der Waals surface area contributed by atoms with Crippen molar-refractivity contribution >= 4 is 28.3 Å². The lowest BCUT2D eigenvalue weighted by Gasteiger charge is -2.11. The van der Waals surface area contributed by atoms with Crippen molar-refractivity contribution in [1.82, 2.24) is 0 Å². The Hall–Kier alpha value is -0.460. The van der Waals surface area contributed by atoms with Crippen LogP contribution in [0.25, 0.3) is 0 Å². The van der Waals surface area contributed by atoms with Gasteiger partial charge in [0.1, 0.15) is 0 Å². The predicted molar refractivity (Wildman–Crippen MR) is 58.0 cm³/mol. The summed E-state index contributed by atoms with van der Waals surface area (Å²) in [5.41, 5.74) is 5.99. The molecule has 0 saturated heterocycles. The van der Waals surface area contributed by atoms with Crippen LogP contribution in [0.3, 0.4) is 0 Å². The van der Waals surface area contributed by atoms with Crippen molar-refractivity contribution in [3.8, 4) is 0 Å². The van der Waals surface area contributed by atoms with Gasteiger partial charge in [-0.25, -0.2) is 0 Å². The maximum absolute atomic E-state index is 12.4. The van der Waals surface area contributed by atoms with Crippen molar-refractivity contribution in [1.29, 1.82) is 0 Å². The van der Waals surface area contributed by atoms with E-state index in [2.05, 4.69) is 0 Å². The highest BCUT2D eigenvalue weighted by molar-refractivity contribution is 14.1. The van der Waals surface area contributed by atoms with E-state index in [1.807, 2.05) is 22.6 Å². The quantitative estimate of drug-likeness (QED) is 0.623. The molecule has 0 radical (unpaired) electrons. The van der Waals surface area contributed by atoms with Gasteiger partial charge < -0.3 is 5.73 Å². The van der Waals surface area contributed by atoms with Crippen LogP contribution in [0, 0.1) is 3.57 Å². The lowest BCUT2D eigenvalue weighted by molar-refractivity contribution is -0.137. The molecular weight excluding hydrogens is 306 g/mol. The summed E-state index contributed by atoms with van der Waals surface area (Å²) in [5, 5.41) is 0. The zero-order valence-electron chi connectivity index (χ0n) is 7.45. The highest BCUT2D eigenvalue weighted by atomic mass is 127. The topological polar surface area (TPSA) is 26.0 Å². The molecule has 0 unspecified atom stereocenters. The third-order valence-corrected chi connectivity index (χ3v) is 2.82. The molecule has 0 bridgehead atoms. The Morgan fingerprint density at radius 3 is 2.36 bits per heavy atom. The average Bonchev–Trinajstić information content (AvgIpc) is 2.07. The van der Waals surface area contributed by atoms with Crippen molar-refractivity contribution in [3.05, 3.63) is 26.8 Å². The smallest absolute Gasteiger partial charge is 0.398 e. The standard InChI is InChI=1S/C9H9F3IN/c1-2-5-3-6(9(10,11)12)4-7(13)8(5)14/h3-4H,2,14H2,1H3. The van der Waals surface area contributed by atoms with Crippen LogP contribution in [0.15, 0.2) is 12.1 Å². The lowest BCUT2D eigenvalue weighted by Crippen LogP contribution is -2.08. The Bertz CT molecular complexity index is 347. The minimum Gasteiger partial charge on any atom is -0.398 e. The highest BCUT2D eigenvalue weighted by Gasteiger charge is 2.31. The Balaban J connectivity index is 3.30. The largest absolute Gasteiger partial charge is 0.416 e. The molecule has 0 aliphatic rings. The summed E-state index contributed by atoms with van der Waals surface area (Å²) in [6.07, 6.45) is -3.79. The van der Waals surface area contributed by atoms with Gasteiger partial charge in [0.2, 0.25) is 0 Å². The Kier molecular flexibility index (Phi) is 3.28. The molecule has 1 nitrogen and oxygen atoms in total. The molecule has 0 aliphatic carbocycles. The van der Waals surface area contributed by atoms with E-state index in [1.165, 1.54) is 0 Å². The lowest BCUT2D eigenvalue weighted by atomic mass is 10.1. The first-order valence-electron chi connectivity index (χ1n) is 4.01. The zero-order valence-corrected chi connectivity index (χ0v) is 9.61. The molecule has 0 aliphatic heterocycles. The molecule has 0 spiro atoms. The van der Waals surface area contributed by atoms with Gasteiger partial charge in [-0.3, -0.25) is 0 Å². The van der Waals surface area contributed by atoms with Crippen molar-refractivity contribution in [2.24, 2.45) is 0 Å². The number of aryl methyl sites for hydroxylation is 1. The van der Waals surface area contributed by atoms with Crippen LogP contribution in [0.1, 0.15) is 18.1 Å². The molecule has 0 atom stereocenters. The van der Waals surface area contributed by atoms with Crippen LogP contribution in [-0.4, -0.2) is 0 Å². The van der Waals surface area contributed by atoms with E-state index in [1.54, 1.807) is 6.92 Å². The maximum atomic E-state index is 12.4. The minimum absolute atomic E-state index is 0.445. The monoisotopic (exact) mass is 315 g/mol. The first kappa shape index (κ1) is 11.6. The molecule has 78 valence electrons. The normalized spacial score (nSPS) is 11.8. The number of halogens is 4. The van der Waals surface area contributed by atoms with Crippen LogP contribution in [0.5, 0.6) is 0 Å². The number of alkyl halides is 3. The SMILES string of the molecule is CCc1cc(C(F)(F)F)cc(I)c1N. The Labute approximate surface area is 93.6 Å². The fourth-order valence-corrected chi connectivity index (χ4v) is 1.81. The summed E-state index contributed by atoms with van der Waals surface area (Å²) in [5.74, 6) is 0. The number of benzene rings is 1. The molecule has 0 fully saturated rings. The molecule has 0 saturated carbocycles.